The molecule has 1 saturated heterocycles. The number of piperidine rings is 1. The van der Waals surface area contributed by atoms with Gasteiger partial charge in [0.2, 0.25) is 0 Å². The molecule has 1 aliphatic rings. The smallest absolute Gasteiger partial charge is 0.180 e. The first kappa shape index (κ1) is 11.3. The summed E-state index contributed by atoms with van der Waals surface area (Å²) in [5.41, 5.74) is 7.27. The first-order valence-corrected chi connectivity index (χ1v) is 6.39. The van der Waals surface area contributed by atoms with Crippen LogP contribution < -0.4 is 10.6 Å². The average molecular weight is 243 g/mol. The van der Waals surface area contributed by atoms with Crippen LogP contribution in [-0.4, -0.2) is 34.6 Å². The second-order valence-electron chi connectivity index (χ2n) is 4.73. The largest absolute Gasteiger partial charge is 0.357 e. The summed E-state index contributed by atoms with van der Waals surface area (Å²) in [6.07, 6.45) is 5.67. The van der Waals surface area contributed by atoms with Crippen molar-refractivity contribution in [2.75, 3.05) is 24.5 Å². The lowest BCUT2D eigenvalue weighted by Gasteiger charge is -2.32. The highest BCUT2D eigenvalue weighted by atomic mass is 15.2. The Morgan fingerprint density at radius 1 is 1.17 bits per heavy atom. The van der Waals surface area contributed by atoms with Gasteiger partial charge < -0.3 is 10.6 Å². The molecule has 0 amide bonds. The van der Waals surface area contributed by atoms with Crippen molar-refractivity contribution < 1.29 is 0 Å². The van der Waals surface area contributed by atoms with E-state index in [4.69, 9.17) is 5.73 Å². The average Bonchev–Trinajstić information content (AvgIpc) is 2.47. The Bertz CT molecular complexity index is 534. The fraction of sp³-hybridized carbons (Fsp3) is 0.462. The number of nitrogens with two attached hydrogens (primary N) is 1. The van der Waals surface area contributed by atoms with E-state index in [1.54, 1.807) is 12.4 Å². The van der Waals surface area contributed by atoms with E-state index in [1.165, 1.54) is 0 Å². The molecule has 2 N–H and O–H groups in total. The first-order valence-electron chi connectivity index (χ1n) is 6.39. The molecule has 3 rings (SSSR count). The minimum Gasteiger partial charge on any atom is -0.357 e. The molecule has 18 heavy (non-hydrogen) atoms. The van der Waals surface area contributed by atoms with Gasteiger partial charge in [-0.05, 0) is 37.4 Å². The van der Waals surface area contributed by atoms with Crippen LogP contribution in [0.25, 0.3) is 11.2 Å². The van der Waals surface area contributed by atoms with Crippen molar-refractivity contribution in [3.8, 4) is 0 Å². The molecule has 5 nitrogen and oxygen atoms in total. The van der Waals surface area contributed by atoms with E-state index < -0.39 is 0 Å². The third-order valence-electron chi connectivity index (χ3n) is 3.59. The van der Waals surface area contributed by atoms with Crippen LogP contribution >= 0.6 is 0 Å². The molecule has 1 aliphatic heterocycles. The molecule has 94 valence electrons. The van der Waals surface area contributed by atoms with E-state index in [0.717, 1.165) is 49.5 Å². The number of anilines is 1. The quantitative estimate of drug-likeness (QED) is 0.858. The Morgan fingerprint density at radius 3 is 2.72 bits per heavy atom. The Kier molecular flexibility index (Phi) is 3.06. The van der Waals surface area contributed by atoms with Crippen LogP contribution in [0.5, 0.6) is 0 Å². The van der Waals surface area contributed by atoms with Gasteiger partial charge in [-0.25, -0.2) is 9.97 Å². The lowest BCUT2D eigenvalue weighted by Crippen LogP contribution is -2.36. The van der Waals surface area contributed by atoms with E-state index in [9.17, 15) is 0 Å². The Morgan fingerprint density at radius 2 is 1.94 bits per heavy atom. The molecular formula is C13H17N5. The van der Waals surface area contributed by atoms with Crippen LogP contribution in [-0.2, 0) is 0 Å². The van der Waals surface area contributed by atoms with E-state index >= 15 is 0 Å². The Labute approximate surface area is 106 Å². The molecule has 2 aromatic heterocycles. The Hall–Kier alpha value is -1.75. The molecule has 2 aromatic rings. The molecule has 0 aromatic carbocycles. The van der Waals surface area contributed by atoms with Gasteiger partial charge in [-0.15, -0.1) is 0 Å². The summed E-state index contributed by atoms with van der Waals surface area (Å²) in [7, 11) is 0. The second-order valence-corrected chi connectivity index (χ2v) is 4.73. The highest BCUT2D eigenvalue weighted by molar-refractivity contribution is 5.71. The molecule has 1 fully saturated rings. The topological polar surface area (TPSA) is 67.9 Å². The molecule has 0 unspecified atom stereocenters. The van der Waals surface area contributed by atoms with Crippen LogP contribution in [0.4, 0.5) is 5.82 Å². The molecule has 0 aliphatic carbocycles. The fourth-order valence-corrected chi connectivity index (χ4v) is 2.42. The standard InChI is InChI=1S/C13H17N5/c14-9-10-3-7-18(8-4-10)12-2-1-11-13(17-12)16-6-5-15-11/h1-2,5-6,10H,3-4,7-9,14H2. The maximum atomic E-state index is 5.71. The van der Waals surface area contributed by atoms with E-state index in [0.29, 0.717) is 5.92 Å². The summed E-state index contributed by atoms with van der Waals surface area (Å²) < 4.78 is 0. The van der Waals surface area contributed by atoms with Crippen molar-refractivity contribution in [3.05, 3.63) is 24.5 Å². The minimum absolute atomic E-state index is 0.668. The van der Waals surface area contributed by atoms with E-state index in [1.807, 2.05) is 12.1 Å². The predicted molar refractivity (Wildman–Crippen MR) is 71.3 cm³/mol. The first-order chi connectivity index (χ1) is 8.86. The molecule has 3 heterocycles. The third kappa shape index (κ3) is 2.13. The maximum Gasteiger partial charge on any atom is 0.180 e. The SMILES string of the molecule is NCC1CCN(c2ccc3nccnc3n2)CC1. The van der Waals surface area contributed by atoms with Gasteiger partial charge in [-0.3, -0.25) is 4.98 Å². The van der Waals surface area contributed by atoms with Crippen LogP contribution in [0.3, 0.4) is 0 Å². The molecule has 0 saturated carbocycles. The number of aromatic nitrogens is 3. The van der Waals surface area contributed by atoms with Crippen molar-refractivity contribution in [1.29, 1.82) is 0 Å². The van der Waals surface area contributed by atoms with Gasteiger partial charge >= 0.3 is 0 Å². The van der Waals surface area contributed by atoms with Crippen LogP contribution in [0.2, 0.25) is 0 Å². The molecule has 0 atom stereocenters. The summed E-state index contributed by atoms with van der Waals surface area (Å²) in [6, 6.07) is 4.01. The van der Waals surface area contributed by atoms with Crippen LogP contribution in [0, 0.1) is 5.92 Å². The highest BCUT2D eigenvalue weighted by Crippen LogP contribution is 2.22. The lowest BCUT2D eigenvalue weighted by molar-refractivity contribution is 0.413. The molecule has 0 spiro atoms. The maximum absolute atomic E-state index is 5.71. The number of fused-ring (bicyclic) bond motifs is 1. The summed E-state index contributed by atoms with van der Waals surface area (Å²) in [5.74, 6) is 1.67. The zero-order chi connectivity index (χ0) is 12.4. The van der Waals surface area contributed by atoms with Gasteiger partial charge in [-0.2, -0.15) is 0 Å². The zero-order valence-corrected chi connectivity index (χ0v) is 10.3. The minimum atomic E-state index is 0.668. The van der Waals surface area contributed by atoms with Gasteiger partial charge in [0.25, 0.3) is 0 Å². The summed E-state index contributed by atoms with van der Waals surface area (Å²) >= 11 is 0. The highest BCUT2D eigenvalue weighted by Gasteiger charge is 2.19. The lowest BCUT2D eigenvalue weighted by atomic mass is 9.97. The summed E-state index contributed by atoms with van der Waals surface area (Å²) in [6.45, 7) is 2.85. The van der Waals surface area contributed by atoms with Gasteiger partial charge in [0, 0.05) is 25.5 Å². The van der Waals surface area contributed by atoms with Gasteiger partial charge in [-0.1, -0.05) is 0 Å². The van der Waals surface area contributed by atoms with Crippen molar-refractivity contribution >= 4 is 17.0 Å². The third-order valence-corrected chi connectivity index (χ3v) is 3.59. The summed E-state index contributed by atoms with van der Waals surface area (Å²) in [4.78, 5) is 15.4. The molecular weight excluding hydrogens is 226 g/mol. The van der Waals surface area contributed by atoms with E-state index in [2.05, 4.69) is 19.9 Å². The van der Waals surface area contributed by atoms with Crippen molar-refractivity contribution in [2.45, 2.75) is 12.8 Å². The Balaban J connectivity index is 1.82. The summed E-state index contributed by atoms with van der Waals surface area (Å²) in [5, 5.41) is 0. The number of nitrogens with zero attached hydrogens (tertiary/aromatic N) is 4. The fourth-order valence-electron chi connectivity index (χ4n) is 2.42. The van der Waals surface area contributed by atoms with E-state index in [-0.39, 0.29) is 0 Å². The molecule has 0 radical (unpaired) electrons. The second kappa shape index (κ2) is 4.86. The monoisotopic (exact) mass is 243 g/mol. The van der Waals surface area contributed by atoms with Gasteiger partial charge in [0.15, 0.2) is 5.65 Å². The van der Waals surface area contributed by atoms with Crippen molar-refractivity contribution in [1.82, 2.24) is 15.0 Å². The van der Waals surface area contributed by atoms with Gasteiger partial charge in [0.1, 0.15) is 11.3 Å². The van der Waals surface area contributed by atoms with Crippen LogP contribution in [0.15, 0.2) is 24.5 Å². The number of hydrogen-bond acceptors (Lipinski definition) is 5. The number of hydrogen-bond donors (Lipinski definition) is 1. The molecule has 0 bridgehead atoms. The zero-order valence-electron chi connectivity index (χ0n) is 10.3. The predicted octanol–water partition coefficient (Wildman–Crippen LogP) is 1.20. The van der Waals surface area contributed by atoms with Crippen LogP contribution in [0.1, 0.15) is 12.8 Å². The normalized spacial score (nSPS) is 17.3. The number of rotatable bonds is 2. The van der Waals surface area contributed by atoms with Gasteiger partial charge in [0.05, 0.1) is 0 Å². The number of pyridine rings is 1. The van der Waals surface area contributed by atoms with Crippen molar-refractivity contribution in [3.63, 3.8) is 0 Å². The molecule has 5 heteroatoms. The van der Waals surface area contributed by atoms with Crippen molar-refractivity contribution in [2.24, 2.45) is 11.7 Å².